The van der Waals surface area contributed by atoms with Gasteiger partial charge in [0.2, 0.25) is 0 Å². The van der Waals surface area contributed by atoms with Crippen molar-refractivity contribution >= 4 is 28.3 Å². The van der Waals surface area contributed by atoms with Crippen LogP contribution in [0, 0.1) is 88.8 Å². The van der Waals surface area contributed by atoms with E-state index >= 15 is 0 Å². The van der Waals surface area contributed by atoms with E-state index in [9.17, 15) is 0 Å². The lowest BCUT2D eigenvalue weighted by molar-refractivity contribution is 0.213. The average Bonchev–Trinajstić information content (AvgIpc) is 1.98. The fourth-order valence-corrected chi connectivity index (χ4v) is 30.5. The molecular weight excluding hydrogens is 1170 g/mol. The van der Waals surface area contributed by atoms with Gasteiger partial charge >= 0.3 is 0 Å². The summed E-state index contributed by atoms with van der Waals surface area (Å²) in [5, 5.41) is 10.0. The Kier molecular flexibility index (Phi) is 39.7. The molecule has 15 atom stereocenters. The molecule has 0 aromatic heterocycles. The van der Waals surface area contributed by atoms with Crippen molar-refractivity contribution < 1.29 is 0 Å². The number of allylic oxidation sites excluding steroid dienone is 6. The second-order valence-corrected chi connectivity index (χ2v) is 43.5. The van der Waals surface area contributed by atoms with Gasteiger partial charge in [0.15, 0.2) is 0 Å². The predicted molar refractivity (Wildman–Crippen MR) is 428 cm³/mol. The van der Waals surface area contributed by atoms with Crippen LogP contribution in [0.4, 0.5) is 0 Å². The van der Waals surface area contributed by atoms with Crippen molar-refractivity contribution in [1.82, 2.24) is 0 Å². The maximum Gasteiger partial charge on any atom is 0.261 e. The van der Waals surface area contributed by atoms with Gasteiger partial charge < -0.3 is 0 Å². The molecule has 0 N–H and O–H groups in total. The summed E-state index contributed by atoms with van der Waals surface area (Å²) >= 11 is -1.13. The quantitative estimate of drug-likeness (QED) is 0.0324. The minimum Gasteiger partial charge on any atom is -0.103 e. The molecule has 0 amide bonds. The summed E-state index contributed by atoms with van der Waals surface area (Å²) in [5.41, 5.74) is 8.00. The van der Waals surface area contributed by atoms with E-state index in [1.54, 1.807) is 117 Å². The molecule has 15 unspecified atom stereocenters. The van der Waals surface area contributed by atoms with E-state index in [0.717, 1.165) is 88.8 Å². The van der Waals surface area contributed by atoms with Gasteiger partial charge in [-0.1, -0.05) is 318 Å². The van der Waals surface area contributed by atoms with E-state index < -0.39 is 28.3 Å². The van der Waals surface area contributed by atoms with Crippen LogP contribution in [0.3, 0.4) is 0 Å². The average molecular weight is 1330 g/mol. The molecule has 0 radical (unpaired) electrons. The Hall–Kier alpha value is -0.495. The van der Waals surface area contributed by atoms with E-state index in [4.69, 9.17) is 0 Å². The van der Waals surface area contributed by atoms with E-state index in [1.807, 2.05) is 0 Å². The van der Waals surface area contributed by atoms with Crippen LogP contribution < -0.4 is 0 Å². The molecule has 10 rings (SSSR count). The van der Waals surface area contributed by atoms with Crippen LogP contribution in [0.15, 0.2) is 73.4 Å². The molecule has 2 heteroatoms. The van der Waals surface area contributed by atoms with E-state index in [2.05, 4.69) is 59.4 Å². The predicted octanol–water partition coefficient (Wildman–Crippen LogP) is 31.0. The second-order valence-electron chi connectivity index (χ2n) is 36.5. The fraction of sp³-hybridized carbons (Fsp3) is 0.871. The summed E-state index contributed by atoms with van der Waals surface area (Å²) < 4.78 is 0. The zero-order valence-electron chi connectivity index (χ0n) is 64.4. The van der Waals surface area contributed by atoms with Gasteiger partial charge in [0.1, 0.15) is 0 Å². The third-order valence-corrected chi connectivity index (χ3v) is 36.8. The van der Waals surface area contributed by atoms with Crippen LogP contribution in [-0.4, -0.2) is 28.3 Å². The molecule has 0 aliphatic heterocycles. The Bertz CT molecular complexity index is 2060. The smallest absolute Gasteiger partial charge is 0.103 e. The number of fused-ring (bicyclic) bond motifs is 5. The lowest BCUT2D eigenvalue weighted by atomic mass is 9.73. The highest BCUT2D eigenvalue weighted by Gasteiger charge is 2.41. The fourth-order valence-electron chi connectivity index (χ4n) is 23.4. The summed E-state index contributed by atoms with van der Waals surface area (Å²) in [6.07, 6.45) is 87.8. The number of hydrogen-bond acceptors (Lipinski definition) is 0. The van der Waals surface area contributed by atoms with Gasteiger partial charge in [0.05, 0.1) is 0 Å². The van der Waals surface area contributed by atoms with Gasteiger partial charge in [0.25, 0.3) is 28.3 Å². The van der Waals surface area contributed by atoms with Crippen LogP contribution in [0.5, 0.6) is 0 Å². The summed E-state index contributed by atoms with van der Waals surface area (Å²) in [6.45, 7) is 30.4. The van der Waals surface area contributed by atoms with Crippen LogP contribution >= 0.6 is 0 Å². The third kappa shape index (κ3) is 28.9. The van der Waals surface area contributed by atoms with E-state index in [0.29, 0.717) is 0 Å². The number of unbranched alkanes of at least 4 members (excludes halogenated alkanes) is 24. The molecule has 0 bridgehead atoms. The molecule has 10 aliphatic carbocycles. The summed E-state index contributed by atoms with van der Waals surface area (Å²) in [5.74, 6) is 14.8. The molecule has 10 saturated carbocycles. The molecule has 0 spiro atoms. The third-order valence-electron chi connectivity index (χ3n) is 29.6. The summed E-state index contributed by atoms with van der Waals surface area (Å²) in [4.78, 5) is 0. The zero-order valence-corrected chi connectivity index (χ0v) is 66.7. The van der Waals surface area contributed by atoms with Gasteiger partial charge in [-0.2, -0.15) is 0 Å². The molecule has 0 nitrogen and oxygen atoms in total. The van der Waals surface area contributed by atoms with Crippen molar-refractivity contribution in [3.05, 3.63) is 73.4 Å². The molecular formula is C93H162Al2. The molecule has 0 heterocycles. The molecule has 0 aromatic carbocycles. The van der Waals surface area contributed by atoms with Crippen molar-refractivity contribution in [3.8, 4) is 0 Å². The van der Waals surface area contributed by atoms with Crippen LogP contribution in [0.25, 0.3) is 0 Å². The number of rotatable bonds is 44. The number of hydrogen-bond donors (Lipinski definition) is 0. The molecule has 540 valence electrons. The van der Waals surface area contributed by atoms with E-state index in [-0.39, 0.29) is 0 Å². The first-order chi connectivity index (χ1) is 46.6. The normalized spacial score (nSPS) is 30.8. The van der Waals surface area contributed by atoms with Gasteiger partial charge in [-0.15, -0.1) is 6.58 Å². The van der Waals surface area contributed by atoms with Gasteiger partial charge in [-0.3, -0.25) is 0 Å². The van der Waals surface area contributed by atoms with Crippen molar-refractivity contribution in [1.29, 1.82) is 0 Å². The standard InChI is InChI=1S/C17H29.C16H26.3C12H19.2C12H25.2Al/c1-3-4-5-6-7-8-15-10-12-17-14(2)9-11-16(17)13-15;1-3-4-5-6-7-14-9-11-16-13(2)8-10-15(16)12-14;2*1-3-10-5-7-12-9(2)4-6-11(12)8-10;1-3-10-5-7-11-6-4-9(2)12(11)8-10;2*1-3-5-7-9-11-12-10-8-6-4-2;;/h15-17H,1-13H2;3,14-16H,1-2,4-12H2;3*10-12H,1-8H2;2*1,3-12H2,2H3;;. The molecule has 0 saturated heterocycles. The molecule has 0 aromatic rings. The van der Waals surface area contributed by atoms with Crippen molar-refractivity contribution in [2.45, 2.75) is 418 Å². The van der Waals surface area contributed by atoms with E-state index in [1.165, 1.54) is 315 Å². The Morgan fingerprint density at radius 1 is 0.263 bits per heavy atom. The zero-order chi connectivity index (χ0) is 66.7. The molecule has 10 aliphatic rings. The first-order valence-electron chi connectivity index (χ1n) is 44.6. The maximum absolute atomic E-state index is 4.48. The monoisotopic (exact) mass is 1330 g/mol. The minimum absolute atomic E-state index is 0.495. The topological polar surface area (TPSA) is 0 Å². The van der Waals surface area contributed by atoms with Crippen LogP contribution in [0.1, 0.15) is 386 Å². The molecule has 10 fully saturated rings. The Morgan fingerprint density at radius 3 is 0.895 bits per heavy atom. The highest BCUT2D eigenvalue weighted by molar-refractivity contribution is 6.59. The first-order valence-corrected chi connectivity index (χ1v) is 49.5. The van der Waals surface area contributed by atoms with Crippen LogP contribution in [-0.2, 0) is 0 Å². The second kappa shape index (κ2) is 47.0. The first kappa shape index (κ1) is 80.2. The maximum atomic E-state index is 4.48. The molecule has 95 heavy (non-hydrogen) atoms. The Balaban J connectivity index is 0.000000198. The Labute approximate surface area is 604 Å². The highest BCUT2D eigenvalue weighted by atomic mass is 27.2. The van der Waals surface area contributed by atoms with Gasteiger partial charge in [-0.05, 0) is 256 Å². The lowest BCUT2D eigenvalue weighted by Gasteiger charge is -2.34. The van der Waals surface area contributed by atoms with Crippen LogP contribution in [0.2, 0.25) is 31.7 Å². The Morgan fingerprint density at radius 2 is 0.537 bits per heavy atom. The summed E-state index contributed by atoms with van der Waals surface area (Å²) in [7, 11) is 0. The van der Waals surface area contributed by atoms with Crippen molar-refractivity contribution in [2.75, 3.05) is 0 Å². The SMILES string of the molecule is C=C1CCC2CC(CCCCCC[CH2][Al]([CH2]CCCCCCCCCCC)[CH2]CCCCCCCCCCC)CCC12.C=C1CCC2CC(C[CH2][Al]([CH2]CC3CCC4C(=C)CCC4C3)[CH2]CC3CCC4CCC(=C)C4C3)CCC12.C=CCCCCC1CCC2C(=C)CCC2C1. The van der Waals surface area contributed by atoms with Crippen molar-refractivity contribution in [3.63, 3.8) is 0 Å². The lowest BCUT2D eigenvalue weighted by Crippen LogP contribution is -2.26. The van der Waals surface area contributed by atoms with Gasteiger partial charge in [0, 0.05) is 0 Å². The highest BCUT2D eigenvalue weighted by Crippen LogP contribution is 2.53. The summed E-state index contributed by atoms with van der Waals surface area (Å²) in [6, 6.07) is 0. The van der Waals surface area contributed by atoms with Crippen molar-refractivity contribution in [2.24, 2.45) is 88.8 Å². The largest absolute Gasteiger partial charge is 0.261 e. The van der Waals surface area contributed by atoms with Gasteiger partial charge in [-0.25, -0.2) is 0 Å². The minimum atomic E-state index is -0.633.